The van der Waals surface area contributed by atoms with Crippen LogP contribution in [0.3, 0.4) is 0 Å². The van der Waals surface area contributed by atoms with Gasteiger partial charge >= 0.3 is 0 Å². The third kappa shape index (κ3) is 3.06. The van der Waals surface area contributed by atoms with Crippen molar-refractivity contribution < 1.29 is 0 Å². The van der Waals surface area contributed by atoms with Crippen molar-refractivity contribution in [1.82, 2.24) is 0 Å². The van der Waals surface area contributed by atoms with Gasteiger partial charge in [-0.15, -0.1) is 0 Å². The number of hydrogen-bond donors (Lipinski definition) is 1. The zero-order valence-electron chi connectivity index (χ0n) is 9.56. The van der Waals surface area contributed by atoms with Crippen molar-refractivity contribution in [3.8, 4) is 0 Å². The quantitative estimate of drug-likeness (QED) is 0.696. The molecule has 1 nitrogen and oxygen atoms in total. The Morgan fingerprint density at radius 2 is 1.93 bits per heavy atom. The minimum Gasteiger partial charge on any atom is -0.385 e. The fourth-order valence-electron chi connectivity index (χ4n) is 1.54. The summed E-state index contributed by atoms with van der Waals surface area (Å²) in [7, 11) is 0. The molecule has 0 fully saturated rings. The van der Waals surface area contributed by atoms with Crippen LogP contribution in [-0.4, -0.2) is 6.54 Å². The molecule has 0 aliphatic heterocycles. The van der Waals surface area contributed by atoms with Gasteiger partial charge in [-0.3, -0.25) is 0 Å². The Bertz CT molecular complexity index is 279. The molecular formula is C13H21N. The van der Waals surface area contributed by atoms with E-state index in [2.05, 4.69) is 44.3 Å². The minimum atomic E-state index is 1.10. The van der Waals surface area contributed by atoms with Crippen molar-refractivity contribution >= 4 is 5.69 Å². The van der Waals surface area contributed by atoms with Crippen LogP contribution in [0.15, 0.2) is 18.2 Å². The van der Waals surface area contributed by atoms with E-state index in [1.54, 1.807) is 0 Å². The van der Waals surface area contributed by atoms with Gasteiger partial charge in [0.15, 0.2) is 0 Å². The standard InChI is InChI=1S/C13H21N/c1-4-5-6-10-14-13-9-7-8-11(2)12(13)3/h7-9,14H,4-6,10H2,1-3H3. The summed E-state index contributed by atoms with van der Waals surface area (Å²) in [5.74, 6) is 0. The van der Waals surface area contributed by atoms with Gasteiger partial charge in [-0.2, -0.15) is 0 Å². The second-order valence-corrected chi connectivity index (χ2v) is 3.88. The van der Waals surface area contributed by atoms with Gasteiger partial charge in [0, 0.05) is 12.2 Å². The highest BCUT2D eigenvalue weighted by molar-refractivity contribution is 5.53. The molecule has 1 rings (SSSR count). The van der Waals surface area contributed by atoms with Crippen LogP contribution >= 0.6 is 0 Å². The maximum Gasteiger partial charge on any atom is 0.0372 e. The summed E-state index contributed by atoms with van der Waals surface area (Å²) in [5, 5.41) is 3.49. The van der Waals surface area contributed by atoms with E-state index in [1.165, 1.54) is 36.1 Å². The van der Waals surface area contributed by atoms with E-state index in [9.17, 15) is 0 Å². The lowest BCUT2D eigenvalue weighted by Gasteiger charge is -2.10. The number of hydrogen-bond acceptors (Lipinski definition) is 1. The van der Waals surface area contributed by atoms with Crippen LogP contribution in [0.25, 0.3) is 0 Å². The van der Waals surface area contributed by atoms with Crippen LogP contribution in [-0.2, 0) is 0 Å². The fourth-order valence-corrected chi connectivity index (χ4v) is 1.54. The fraction of sp³-hybridized carbons (Fsp3) is 0.538. The molecule has 78 valence electrons. The zero-order valence-corrected chi connectivity index (χ0v) is 9.56. The lowest BCUT2D eigenvalue weighted by atomic mass is 10.1. The Labute approximate surface area is 87.5 Å². The molecule has 0 radical (unpaired) electrons. The van der Waals surface area contributed by atoms with Crippen LogP contribution in [0, 0.1) is 13.8 Å². The van der Waals surface area contributed by atoms with Gasteiger partial charge in [0.2, 0.25) is 0 Å². The van der Waals surface area contributed by atoms with Gasteiger partial charge < -0.3 is 5.32 Å². The Morgan fingerprint density at radius 3 is 2.64 bits per heavy atom. The first kappa shape index (κ1) is 11.1. The molecule has 0 heterocycles. The number of rotatable bonds is 5. The lowest BCUT2D eigenvalue weighted by molar-refractivity contribution is 0.743. The number of anilines is 1. The molecule has 0 unspecified atom stereocenters. The average Bonchev–Trinajstić information content (AvgIpc) is 2.19. The molecule has 1 N–H and O–H groups in total. The summed E-state index contributed by atoms with van der Waals surface area (Å²) in [6.45, 7) is 7.67. The van der Waals surface area contributed by atoms with E-state index in [1.807, 2.05) is 0 Å². The van der Waals surface area contributed by atoms with Crippen molar-refractivity contribution in [2.24, 2.45) is 0 Å². The molecule has 0 aromatic heterocycles. The molecule has 0 saturated carbocycles. The first-order valence-corrected chi connectivity index (χ1v) is 5.55. The Kier molecular flexibility index (Phi) is 4.51. The molecule has 14 heavy (non-hydrogen) atoms. The Morgan fingerprint density at radius 1 is 1.14 bits per heavy atom. The van der Waals surface area contributed by atoms with E-state index < -0.39 is 0 Å². The molecule has 1 aromatic rings. The zero-order chi connectivity index (χ0) is 10.4. The van der Waals surface area contributed by atoms with Crippen molar-refractivity contribution in [2.45, 2.75) is 40.0 Å². The smallest absolute Gasteiger partial charge is 0.0372 e. The molecule has 0 aliphatic carbocycles. The number of benzene rings is 1. The predicted molar refractivity (Wildman–Crippen MR) is 63.9 cm³/mol. The van der Waals surface area contributed by atoms with Crippen LogP contribution in [0.1, 0.15) is 37.3 Å². The molecule has 0 saturated heterocycles. The third-order valence-corrected chi connectivity index (χ3v) is 2.70. The van der Waals surface area contributed by atoms with Crippen LogP contribution < -0.4 is 5.32 Å². The van der Waals surface area contributed by atoms with Crippen LogP contribution in [0.2, 0.25) is 0 Å². The van der Waals surface area contributed by atoms with E-state index >= 15 is 0 Å². The molecule has 0 amide bonds. The van der Waals surface area contributed by atoms with Crippen LogP contribution in [0.4, 0.5) is 5.69 Å². The summed E-state index contributed by atoms with van der Waals surface area (Å²) in [4.78, 5) is 0. The number of aryl methyl sites for hydroxylation is 1. The van der Waals surface area contributed by atoms with Crippen molar-refractivity contribution in [3.05, 3.63) is 29.3 Å². The number of unbranched alkanes of at least 4 members (excludes halogenated alkanes) is 2. The van der Waals surface area contributed by atoms with Gasteiger partial charge in [-0.1, -0.05) is 31.9 Å². The highest BCUT2D eigenvalue weighted by atomic mass is 14.9. The van der Waals surface area contributed by atoms with Crippen molar-refractivity contribution in [3.63, 3.8) is 0 Å². The van der Waals surface area contributed by atoms with Gasteiger partial charge in [-0.05, 0) is 37.5 Å². The van der Waals surface area contributed by atoms with E-state index in [0.717, 1.165) is 6.54 Å². The summed E-state index contributed by atoms with van der Waals surface area (Å²) in [5.41, 5.74) is 4.04. The van der Waals surface area contributed by atoms with Gasteiger partial charge in [0.25, 0.3) is 0 Å². The minimum absolute atomic E-state index is 1.10. The largest absolute Gasteiger partial charge is 0.385 e. The second-order valence-electron chi connectivity index (χ2n) is 3.88. The molecule has 0 spiro atoms. The molecule has 0 bridgehead atoms. The molecular weight excluding hydrogens is 170 g/mol. The highest BCUT2D eigenvalue weighted by Gasteiger charge is 1.98. The van der Waals surface area contributed by atoms with E-state index in [4.69, 9.17) is 0 Å². The summed E-state index contributed by atoms with van der Waals surface area (Å²) >= 11 is 0. The maximum atomic E-state index is 3.49. The average molecular weight is 191 g/mol. The van der Waals surface area contributed by atoms with Gasteiger partial charge in [-0.25, -0.2) is 0 Å². The lowest BCUT2D eigenvalue weighted by Crippen LogP contribution is -2.03. The highest BCUT2D eigenvalue weighted by Crippen LogP contribution is 2.17. The predicted octanol–water partition coefficient (Wildman–Crippen LogP) is 3.91. The Hall–Kier alpha value is -0.980. The summed E-state index contributed by atoms with van der Waals surface area (Å²) < 4.78 is 0. The van der Waals surface area contributed by atoms with Crippen LogP contribution in [0.5, 0.6) is 0 Å². The normalized spacial score (nSPS) is 10.2. The molecule has 1 aromatic carbocycles. The monoisotopic (exact) mass is 191 g/mol. The van der Waals surface area contributed by atoms with Gasteiger partial charge in [0.1, 0.15) is 0 Å². The second kappa shape index (κ2) is 5.69. The van der Waals surface area contributed by atoms with Gasteiger partial charge in [0.05, 0.1) is 0 Å². The molecule has 0 aliphatic rings. The molecule has 1 heteroatoms. The summed E-state index contributed by atoms with van der Waals surface area (Å²) in [6.07, 6.45) is 3.87. The molecule has 0 atom stereocenters. The SMILES string of the molecule is CCCCCNc1cccc(C)c1C. The first-order valence-electron chi connectivity index (χ1n) is 5.55. The van der Waals surface area contributed by atoms with Crippen molar-refractivity contribution in [2.75, 3.05) is 11.9 Å². The maximum absolute atomic E-state index is 3.49. The summed E-state index contributed by atoms with van der Waals surface area (Å²) in [6, 6.07) is 6.44. The van der Waals surface area contributed by atoms with E-state index in [-0.39, 0.29) is 0 Å². The van der Waals surface area contributed by atoms with Crippen molar-refractivity contribution in [1.29, 1.82) is 0 Å². The Balaban J connectivity index is 2.46. The topological polar surface area (TPSA) is 12.0 Å². The number of nitrogens with one attached hydrogen (secondary N) is 1. The third-order valence-electron chi connectivity index (χ3n) is 2.70. The first-order chi connectivity index (χ1) is 6.75. The van der Waals surface area contributed by atoms with E-state index in [0.29, 0.717) is 0 Å².